The first-order chi connectivity index (χ1) is 12.6. The van der Waals surface area contributed by atoms with E-state index in [9.17, 15) is 9.59 Å². The van der Waals surface area contributed by atoms with Crippen molar-refractivity contribution in [2.45, 2.75) is 0 Å². The molecule has 0 radical (unpaired) electrons. The van der Waals surface area contributed by atoms with Crippen LogP contribution in [-0.2, 0) is 4.79 Å². The minimum absolute atomic E-state index is 0.115. The van der Waals surface area contributed by atoms with E-state index in [0.717, 1.165) is 5.69 Å². The Bertz CT molecular complexity index is 997. The predicted octanol–water partition coefficient (Wildman–Crippen LogP) is 1.34. The van der Waals surface area contributed by atoms with E-state index in [0.29, 0.717) is 11.3 Å². The Morgan fingerprint density at radius 2 is 1.81 bits per heavy atom. The average molecular weight is 346 g/mol. The second-order valence-corrected chi connectivity index (χ2v) is 5.76. The number of hydrogen-bond acceptors (Lipinski definition) is 6. The Hall–Kier alpha value is -3.68. The number of rotatable bonds is 4. The van der Waals surface area contributed by atoms with Crippen LogP contribution in [0, 0.1) is 5.92 Å². The van der Waals surface area contributed by atoms with E-state index in [4.69, 9.17) is 0 Å². The predicted molar refractivity (Wildman–Crippen MR) is 92.7 cm³/mol. The van der Waals surface area contributed by atoms with Crippen molar-refractivity contribution < 1.29 is 9.59 Å². The molecule has 128 valence electrons. The number of nitrogens with zero attached hydrogens (tertiary/aromatic N) is 6. The molecule has 4 rings (SSSR count). The molecule has 3 aromatic rings. The van der Waals surface area contributed by atoms with Gasteiger partial charge in [-0.2, -0.15) is 5.10 Å². The first-order valence-electron chi connectivity index (χ1n) is 7.93. The zero-order chi connectivity index (χ0) is 18.1. The number of carbonyl (C=O) groups excluding carboxylic acids is 2. The molecule has 8 nitrogen and oxygen atoms in total. The number of hydrogen-bond donors (Lipinski definition) is 0. The lowest BCUT2D eigenvalue weighted by Gasteiger charge is -2.08. The van der Waals surface area contributed by atoms with Gasteiger partial charge >= 0.3 is 0 Å². The maximum Gasteiger partial charge on any atom is 0.259 e. The van der Waals surface area contributed by atoms with Crippen molar-refractivity contribution in [2.75, 3.05) is 7.05 Å². The lowest BCUT2D eigenvalue weighted by atomic mass is 9.92. The maximum absolute atomic E-state index is 13.0. The third kappa shape index (κ3) is 2.67. The van der Waals surface area contributed by atoms with Gasteiger partial charge in [-0.1, -0.05) is 23.4 Å². The minimum Gasteiger partial charge on any atom is -0.291 e. The van der Waals surface area contributed by atoms with E-state index in [1.165, 1.54) is 22.9 Å². The molecule has 0 saturated carbocycles. The average Bonchev–Trinajstić information content (AvgIpc) is 3.29. The summed E-state index contributed by atoms with van der Waals surface area (Å²) in [6.07, 6.45) is 4.70. The van der Waals surface area contributed by atoms with E-state index < -0.39 is 17.6 Å². The molecular weight excluding hydrogens is 332 g/mol. The van der Waals surface area contributed by atoms with Crippen molar-refractivity contribution in [1.29, 1.82) is 0 Å². The Kier molecular flexibility index (Phi) is 3.85. The summed E-state index contributed by atoms with van der Waals surface area (Å²) in [6.45, 7) is 0. The minimum atomic E-state index is -1.04. The number of hydrazone groups is 1. The Morgan fingerprint density at radius 1 is 1.08 bits per heavy atom. The van der Waals surface area contributed by atoms with Crippen LogP contribution in [-0.4, -0.2) is 49.4 Å². The maximum atomic E-state index is 13.0. The number of pyridine rings is 1. The monoisotopic (exact) mass is 346 g/mol. The van der Waals surface area contributed by atoms with Crippen LogP contribution in [0.5, 0.6) is 0 Å². The molecule has 26 heavy (non-hydrogen) atoms. The fourth-order valence-corrected chi connectivity index (χ4v) is 2.79. The number of Topliss-reactive ketones (excluding diaryl/α,β-unsaturated/α-hetero) is 1. The van der Waals surface area contributed by atoms with Crippen LogP contribution < -0.4 is 0 Å². The third-order valence-electron chi connectivity index (χ3n) is 4.10. The summed E-state index contributed by atoms with van der Waals surface area (Å²) < 4.78 is 1.50. The topological polar surface area (TPSA) is 93.3 Å². The first kappa shape index (κ1) is 15.8. The van der Waals surface area contributed by atoms with Gasteiger partial charge in [0.25, 0.3) is 5.91 Å². The van der Waals surface area contributed by atoms with Gasteiger partial charge in [0.1, 0.15) is 11.6 Å². The quantitative estimate of drug-likeness (QED) is 0.525. The van der Waals surface area contributed by atoms with Crippen LogP contribution in [0.1, 0.15) is 16.1 Å². The Balaban J connectivity index is 1.68. The molecule has 3 heterocycles. The van der Waals surface area contributed by atoms with Crippen molar-refractivity contribution in [1.82, 2.24) is 25.0 Å². The van der Waals surface area contributed by atoms with E-state index in [2.05, 4.69) is 20.4 Å². The smallest absolute Gasteiger partial charge is 0.259 e. The lowest BCUT2D eigenvalue weighted by Crippen LogP contribution is -2.32. The molecule has 0 fully saturated rings. The van der Waals surface area contributed by atoms with Crippen LogP contribution in [0.15, 0.2) is 66.2 Å². The number of amides is 1. The Morgan fingerprint density at radius 3 is 2.54 bits per heavy atom. The zero-order valence-corrected chi connectivity index (χ0v) is 13.9. The van der Waals surface area contributed by atoms with E-state index >= 15 is 0 Å². The molecule has 0 saturated heterocycles. The van der Waals surface area contributed by atoms with Crippen molar-refractivity contribution in [3.05, 3.63) is 72.3 Å². The molecular formula is C18H14N6O2. The van der Waals surface area contributed by atoms with Crippen molar-refractivity contribution in [3.8, 4) is 5.69 Å². The van der Waals surface area contributed by atoms with Crippen LogP contribution in [0.25, 0.3) is 5.69 Å². The van der Waals surface area contributed by atoms with Gasteiger partial charge in [0.2, 0.25) is 5.78 Å². The largest absolute Gasteiger partial charge is 0.291 e. The van der Waals surface area contributed by atoms with Crippen molar-refractivity contribution >= 4 is 17.4 Å². The normalized spacial score (nSPS) is 16.7. The van der Waals surface area contributed by atoms with Gasteiger partial charge in [0, 0.05) is 25.0 Å². The highest BCUT2D eigenvalue weighted by atomic mass is 16.2. The van der Waals surface area contributed by atoms with Crippen molar-refractivity contribution in [3.63, 3.8) is 0 Å². The molecule has 1 aromatic carbocycles. The second kappa shape index (κ2) is 6.32. The molecule has 1 aliphatic rings. The first-order valence-corrected chi connectivity index (χ1v) is 7.93. The molecule has 0 N–H and O–H groups in total. The molecule has 0 aliphatic carbocycles. The number of carbonyl (C=O) groups is 2. The third-order valence-corrected chi connectivity index (χ3v) is 4.10. The van der Waals surface area contributed by atoms with Gasteiger partial charge in [-0.25, -0.2) is 9.69 Å². The van der Waals surface area contributed by atoms with Gasteiger partial charge in [-0.05, 0) is 24.3 Å². The fraction of sp³-hybridized carbons (Fsp3) is 0.111. The van der Waals surface area contributed by atoms with E-state index in [-0.39, 0.29) is 5.69 Å². The van der Waals surface area contributed by atoms with Gasteiger partial charge < -0.3 is 0 Å². The number of benzene rings is 1. The van der Waals surface area contributed by atoms with Gasteiger partial charge in [-0.3, -0.25) is 14.6 Å². The SMILES string of the molecule is CN1N=C(c2ccncc2)[C@H](C(=O)c2cn(-c3ccccc3)nn2)C1=O. The molecule has 1 atom stereocenters. The highest BCUT2D eigenvalue weighted by Crippen LogP contribution is 2.23. The molecule has 0 unspecified atom stereocenters. The molecule has 0 spiro atoms. The molecule has 2 aromatic heterocycles. The second-order valence-electron chi connectivity index (χ2n) is 5.76. The summed E-state index contributed by atoms with van der Waals surface area (Å²) in [7, 11) is 1.53. The highest BCUT2D eigenvalue weighted by molar-refractivity contribution is 6.30. The van der Waals surface area contributed by atoms with E-state index in [1.807, 2.05) is 30.3 Å². The van der Waals surface area contributed by atoms with Crippen molar-refractivity contribution in [2.24, 2.45) is 11.0 Å². The van der Waals surface area contributed by atoms with Gasteiger partial charge in [0.15, 0.2) is 0 Å². The number of para-hydroxylation sites is 1. The lowest BCUT2D eigenvalue weighted by molar-refractivity contribution is -0.129. The summed E-state index contributed by atoms with van der Waals surface area (Å²) >= 11 is 0. The number of ketones is 1. The highest BCUT2D eigenvalue weighted by Gasteiger charge is 2.41. The van der Waals surface area contributed by atoms with Gasteiger partial charge in [0.05, 0.1) is 17.6 Å². The van der Waals surface area contributed by atoms with Crippen LogP contribution in [0.3, 0.4) is 0 Å². The fourth-order valence-electron chi connectivity index (χ4n) is 2.79. The zero-order valence-electron chi connectivity index (χ0n) is 13.9. The molecule has 1 aliphatic heterocycles. The summed E-state index contributed by atoms with van der Waals surface area (Å²) in [5.74, 6) is -1.86. The Labute approximate surface area is 148 Å². The van der Waals surface area contributed by atoms with Gasteiger partial charge in [-0.15, -0.1) is 5.10 Å². The standard InChI is InChI=1S/C18H14N6O2/c1-23-18(26)15(16(21-23)12-7-9-19-10-8-12)17(25)14-11-24(22-20-14)13-5-3-2-4-6-13/h2-11,15H,1H3/t15-/m1/s1. The van der Waals surface area contributed by atoms with Crippen LogP contribution >= 0.6 is 0 Å². The molecule has 0 bridgehead atoms. The molecule has 1 amide bonds. The summed E-state index contributed by atoms with van der Waals surface area (Å²) in [6, 6.07) is 12.7. The van der Waals surface area contributed by atoms with E-state index in [1.54, 1.807) is 24.5 Å². The summed E-state index contributed by atoms with van der Waals surface area (Å²) in [5, 5.41) is 13.4. The van der Waals surface area contributed by atoms with Crippen LogP contribution in [0.4, 0.5) is 0 Å². The summed E-state index contributed by atoms with van der Waals surface area (Å²) in [4.78, 5) is 29.4. The molecule has 8 heteroatoms. The summed E-state index contributed by atoms with van der Waals surface area (Å²) in [5.41, 5.74) is 1.95. The number of aromatic nitrogens is 4. The van der Waals surface area contributed by atoms with Crippen LogP contribution in [0.2, 0.25) is 0 Å².